The molecule has 1 saturated carbocycles. The first-order valence-corrected chi connectivity index (χ1v) is 11.4. The van der Waals surface area contributed by atoms with E-state index >= 15 is 0 Å². The molecule has 5 rings (SSSR count). The van der Waals surface area contributed by atoms with Crippen LogP contribution < -0.4 is 10.6 Å². The Hall–Kier alpha value is -3.15. The van der Waals surface area contributed by atoms with Crippen LogP contribution in [0, 0.1) is 0 Å². The molecule has 1 aliphatic heterocycles. The molecule has 2 heterocycles. The van der Waals surface area contributed by atoms with Gasteiger partial charge >= 0.3 is 0 Å². The van der Waals surface area contributed by atoms with E-state index in [9.17, 15) is 9.59 Å². The van der Waals surface area contributed by atoms with E-state index in [1.165, 1.54) is 19.3 Å². The van der Waals surface area contributed by atoms with E-state index in [0.717, 1.165) is 53.5 Å². The molecule has 6 nitrogen and oxygen atoms in total. The van der Waals surface area contributed by atoms with Gasteiger partial charge < -0.3 is 9.88 Å². The average Bonchev–Trinajstić information content (AvgIpc) is 3.32. The summed E-state index contributed by atoms with van der Waals surface area (Å²) in [4.78, 5) is 29.0. The van der Waals surface area contributed by atoms with Crippen molar-refractivity contribution in [3.8, 4) is 0 Å². The first-order valence-electron chi connectivity index (χ1n) is 11.4. The lowest BCUT2D eigenvalue weighted by Gasteiger charge is -2.25. The number of fused-ring (bicyclic) bond motifs is 2. The van der Waals surface area contributed by atoms with Crippen LogP contribution in [-0.2, 0) is 22.4 Å². The third kappa shape index (κ3) is 4.20. The second-order valence-corrected chi connectivity index (χ2v) is 8.70. The van der Waals surface area contributed by atoms with Crippen molar-refractivity contribution in [2.45, 2.75) is 63.8 Å². The Bertz CT molecular complexity index is 1130. The van der Waals surface area contributed by atoms with E-state index in [-0.39, 0.29) is 11.8 Å². The smallest absolute Gasteiger partial charge is 0.228 e. The Morgan fingerprint density at radius 3 is 2.84 bits per heavy atom. The van der Waals surface area contributed by atoms with Gasteiger partial charge in [-0.1, -0.05) is 43.5 Å². The molecule has 6 heteroatoms. The van der Waals surface area contributed by atoms with Gasteiger partial charge in [-0.15, -0.1) is 0 Å². The third-order valence-corrected chi connectivity index (χ3v) is 6.45. The number of nitrogens with zero attached hydrogens (tertiary/aromatic N) is 2. The molecule has 2 aromatic carbocycles. The number of amides is 2. The first-order chi connectivity index (χ1) is 15.2. The van der Waals surface area contributed by atoms with Gasteiger partial charge in [0.15, 0.2) is 0 Å². The highest BCUT2D eigenvalue weighted by Crippen LogP contribution is 2.34. The maximum absolute atomic E-state index is 12.7. The SMILES string of the molecule is O=C1Cc2cc(CCCC(=O)Nc3nc4ccccc4n3C3CCCCC3)ccc2N1. The lowest BCUT2D eigenvalue weighted by Crippen LogP contribution is -2.19. The molecule has 1 fully saturated rings. The van der Waals surface area contributed by atoms with Crippen molar-refractivity contribution in [3.63, 3.8) is 0 Å². The molecular formula is C25H28N4O2. The summed E-state index contributed by atoms with van der Waals surface area (Å²) in [6, 6.07) is 14.6. The van der Waals surface area contributed by atoms with Gasteiger partial charge in [0.1, 0.15) is 0 Å². The maximum Gasteiger partial charge on any atom is 0.228 e. The molecular weight excluding hydrogens is 388 g/mol. The number of rotatable bonds is 6. The van der Waals surface area contributed by atoms with E-state index in [2.05, 4.69) is 27.3 Å². The Kier molecular flexibility index (Phi) is 5.45. The monoisotopic (exact) mass is 416 g/mol. The molecule has 0 bridgehead atoms. The summed E-state index contributed by atoms with van der Waals surface area (Å²) in [5.74, 6) is 0.734. The number of para-hydroxylation sites is 2. The quantitative estimate of drug-likeness (QED) is 0.594. The van der Waals surface area contributed by atoms with Crippen molar-refractivity contribution in [3.05, 3.63) is 53.6 Å². The Morgan fingerprint density at radius 2 is 1.97 bits per heavy atom. The zero-order valence-electron chi connectivity index (χ0n) is 17.7. The summed E-state index contributed by atoms with van der Waals surface area (Å²) in [7, 11) is 0. The highest BCUT2D eigenvalue weighted by molar-refractivity contribution is 5.99. The van der Waals surface area contributed by atoms with Gasteiger partial charge in [-0.3, -0.25) is 14.9 Å². The Labute approximate surface area is 182 Å². The number of hydrogen-bond acceptors (Lipinski definition) is 3. The predicted molar refractivity (Wildman–Crippen MR) is 122 cm³/mol. The van der Waals surface area contributed by atoms with Gasteiger partial charge in [-0.25, -0.2) is 4.98 Å². The molecule has 2 N–H and O–H groups in total. The van der Waals surface area contributed by atoms with Crippen LogP contribution in [0.25, 0.3) is 11.0 Å². The van der Waals surface area contributed by atoms with Crippen LogP contribution in [0.15, 0.2) is 42.5 Å². The molecule has 0 spiro atoms. The Morgan fingerprint density at radius 1 is 1.13 bits per heavy atom. The van der Waals surface area contributed by atoms with Crippen molar-refractivity contribution < 1.29 is 9.59 Å². The summed E-state index contributed by atoms with van der Waals surface area (Å²) in [6.45, 7) is 0. The van der Waals surface area contributed by atoms with Crippen molar-refractivity contribution in [2.75, 3.05) is 10.6 Å². The number of anilines is 2. The normalized spacial score (nSPS) is 16.3. The lowest BCUT2D eigenvalue weighted by molar-refractivity contribution is -0.116. The highest BCUT2D eigenvalue weighted by Gasteiger charge is 2.22. The zero-order valence-corrected chi connectivity index (χ0v) is 17.7. The van der Waals surface area contributed by atoms with Gasteiger partial charge in [-0.05, 0) is 55.0 Å². The van der Waals surface area contributed by atoms with Crippen LogP contribution in [0.4, 0.5) is 11.6 Å². The third-order valence-electron chi connectivity index (χ3n) is 6.45. The van der Waals surface area contributed by atoms with Crippen LogP contribution in [0.1, 0.15) is 62.1 Å². The molecule has 2 amide bonds. The van der Waals surface area contributed by atoms with E-state index in [4.69, 9.17) is 4.98 Å². The number of benzene rings is 2. The van der Waals surface area contributed by atoms with E-state index < -0.39 is 0 Å². The number of carbonyl (C=O) groups is 2. The van der Waals surface area contributed by atoms with Gasteiger partial charge in [-0.2, -0.15) is 0 Å². The number of nitrogens with one attached hydrogen (secondary N) is 2. The summed E-state index contributed by atoms with van der Waals surface area (Å²) in [5.41, 5.74) is 5.16. The van der Waals surface area contributed by atoms with Crippen molar-refractivity contribution in [1.29, 1.82) is 0 Å². The molecule has 2 aliphatic rings. The molecule has 0 atom stereocenters. The van der Waals surface area contributed by atoms with Gasteiger partial charge in [0.2, 0.25) is 17.8 Å². The van der Waals surface area contributed by atoms with Crippen molar-refractivity contribution in [1.82, 2.24) is 9.55 Å². The fourth-order valence-electron chi connectivity index (χ4n) is 4.92. The van der Waals surface area contributed by atoms with E-state index in [1.54, 1.807) is 0 Å². The van der Waals surface area contributed by atoms with Crippen molar-refractivity contribution >= 4 is 34.5 Å². The molecule has 0 radical (unpaired) electrons. The molecule has 1 aromatic heterocycles. The summed E-state index contributed by atoms with van der Waals surface area (Å²) < 4.78 is 2.25. The largest absolute Gasteiger partial charge is 0.326 e. The number of aromatic nitrogens is 2. The van der Waals surface area contributed by atoms with Crippen LogP contribution in [0.5, 0.6) is 0 Å². The second-order valence-electron chi connectivity index (χ2n) is 8.70. The minimum Gasteiger partial charge on any atom is -0.326 e. The second kappa shape index (κ2) is 8.53. The maximum atomic E-state index is 12.7. The predicted octanol–water partition coefficient (Wildman–Crippen LogP) is 5.00. The summed E-state index contributed by atoms with van der Waals surface area (Å²) >= 11 is 0. The molecule has 3 aromatic rings. The van der Waals surface area contributed by atoms with E-state index in [0.29, 0.717) is 24.8 Å². The highest BCUT2D eigenvalue weighted by atomic mass is 16.2. The molecule has 31 heavy (non-hydrogen) atoms. The molecule has 160 valence electrons. The van der Waals surface area contributed by atoms with Gasteiger partial charge in [0, 0.05) is 18.2 Å². The standard InChI is InChI=1S/C25H28N4O2/c30-23(12-6-7-17-13-14-20-18(15-17)16-24(31)26-20)28-25-27-21-10-4-5-11-22(21)29(25)19-8-2-1-3-9-19/h4-5,10-11,13-15,19H,1-3,6-9,12,16H2,(H,26,31)(H,27,28,30). The summed E-state index contributed by atoms with van der Waals surface area (Å²) in [5, 5.41) is 5.95. The number of aryl methyl sites for hydroxylation is 1. The number of carbonyl (C=O) groups excluding carboxylic acids is 2. The summed E-state index contributed by atoms with van der Waals surface area (Å²) in [6.07, 6.45) is 8.49. The van der Waals surface area contributed by atoms with E-state index in [1.807, 2.05) is 30.3 Å². The van der Waals surface area contributed by atoms with Crippen molar-refractivity contribution in [2.24, 2.45) is 0 Å². The van der Waals surface area contributed by atoms with Crippen LogP contribution in [-0.4, -0.2) is 21.4 Å². The minimum atomic E-state index is 0.00497. The fraction of sp³-hybridized carbons (Fsp3) is 0.400. The minimum absolute atomic E-state index is 0.00497. The van der Waals surface area contributed by atoms with Gasteiger partial charge in [0.05, 0.1) is 17.5 Å². The van der Waals surface area contributed by atoms with Crippen LogP contribution >= 0.6 is 0 Å². The number of imidazole rings is 1. The van der Waals surface area contributed by atoms with Crippen LogP contribution in [0.2, 0.25) is 0 Å². The fourth-order valence-corrected chi connectivity index (χ4v) is 4.92. The molecule has 1 aliphatic carbocycles. The topological polar surface area (TPSA) is 76.0 Å². The molecule has 0 saturated heterocycles. The number of hydrogen-bond donors (Lipinski definition) is 2. The molecule has 0 unspecified atom stereocenters. The van der Waals surface area contributed by atoms with Crippen LogP contribution in [0.3, 0.4) is 0 Å². The first kappa shape index (κ1) is 19.8. The average molecular weight is 417 g/mol. The van der Waals surface area contributed by atoms with Gasteiger partial charge in [0.25, 0.3) is 0 Å². The zero-order chi connectivity index (χ0) is 21.2. The lowest BCUT2D eigenvalue weighted by atomic mass is 9.95. The Balaban J connectivity index is 1.24.